The Kier molecular flexibility index (Phi) is 4.56. The molecule has 5 rings (SSSR count). The van der Waals surface area contributed by atoms with E-state index in [2.05, 4.69) is 75.8 Å². The molecule has 5 aromatic rings. The van der Waals surface area contributed by atoms with Gasteiger partial charge in [-0.1, -0.05) is 53.7 Å². The minimum atomic E-state index is -0.128. The zero-order chi connectivity index (χ0) is 23.0. The number of fused-ring (bicyclic) bond motifs is 4. The Hall–Kier alpha value is -2.70. The quantitative estimate of drug-likeness (QED) is 0.244. The van der Waals surface area contributed by atoms with Crippen LogP contribution in [-0.2, 0) is 10.8 Å². The van der Waals surface area contributed by atoms with Gasteiger partial charge in [-0.25, -0.2) is 0 Å². The lowest BCUT2D eigenvalue weighted by Gasteiger charge is -2.19. The summed E-state index contributed by atoms with van der Waals surface area (Å²) >= 11 is 2.78. The first kappa shape index (κ1) is 21.2. The Morgan fingerprint density at radius 3 is 1.34 bits per heavy atom. The minimum absolute atomic E-state index is 0.00349. The van der Waals surface area contributed by atoms with E-state index >= 15 is 0 Å². The Morgan fingerprint density at radius 1 is 0.625 bits per heavy atom. The summed E-state index contributed by atoms with van der Waals surface area (Å²) in [6, 6.07) is 12.4. The number of aromatic amines is 2. The van der Waals surface area contributed by atoms with Gasteiger partial charge >= 0.3 is 0 Å². The number of benzene rings is 3. The second kappa shape index (κ2) is 6.90. The lowest BCUT2D eigenvalue weighted by atomic mass is 9.87. The Morgan fingerprint density at radius 2 is 1.00 bits per heavy atom. The molecule has 3 aromatic carbocycles. The van der Waals surface area contributed by atoms with Crippen LogP contribution in [0.2, 0.25) is 0 Å². The van der Waals surface area contributed by atoms with Crippen LogP contribution in [0.4, 0.5) is 0 Å². The van der Waals surface area contributed by atoms with Crippen molar-refractivity contribution >= 4 is 63.5 Å². The predicted octanol–water partition coefficient (Wildman–Crippen LogP) is 6.96. The van der Waals surface area contributed by atoms with Crippen molar-refractivity contribution in [1.82, 2.24) is 9.97 Å². The second-order valence-corrected chi connectivity index (χ2v) is 12.5. The van der Waals surface area contributed by atoms with Gasteiger partial charge in [0.05, 0.1) is 20.4 Å². The van der Waals surface area contributed by atoms with Gasteiger partial charge in [0.25, 0.3) is 0 Å². The van der Waals surface area contributed by atoms with Gasteiger partial charge in [0, 0.05) is 0 Å². The SMILES string of the molecule is CC(C)(C)c1ccc2[nH]c3c(=O)c4sc5cc(C(C)(C)C)ccc5[nH]c4c(=O)c3sc2c1. The molecule has 2 aromatic heterocycles. The maximum absolute atomic E-state index is 13.5. The van der Waals surface area contributed by atoms with E-state index in [0.717, 1.165) is 20.4 Å². The Labute approximate surface area is 193 Å². The average molecular weight is 463 g/mol. The van der Waals surface area contributed by atoms with Crippen molar-refractivity contribution in [3.8, 4) is 0 Å². The second-order valence-electron chi connectivity index (χ2n) is 10.4. The van der Waals surface area contributed by atoms with E-state index in [9.17, 15) is 9.59 Å². The van der Waals surface area contributed by atoms with Gasteiger partial charge in [-0.3, -0.25) is 9.59 Å². The molecule has 164 valence electrons. The summed E-state index contributed by atoms with van der Waals surface area (Å²) in [5.74, 6) is 0. The van der Waals surface area contributed by atoms with Gasteiger partial charge < -0.3 is 9.97 Å². The van der Waals surface area contributed by atoms with Crippen molar-refractivity contribution in [2.75, 3.05) is 0 Å². The summed E-state index contributed by atoms with van der Waals surface area (Å²) in [7, 11) is 0. The zero-order valence-corrected chi connectivity index (χ0v) is 20.7. The summed E-state index contributed by atoms with van der Waals surface area (Å²) in [5.41, 5.74) is 4.66. The highest BCUT2D eigenvalue weighted by atomic mass is 32.1. The highest BCUT2D eigenvalue weighted by molar-refractivity contribution is 7.25. The smallest absolute Gasteiger partial charge is 0.222 e. The molecular weight excluding hydrogens is 436 g/mol. The average Bonchev–Trinajstić information content (AvgIpc) is 2.73. The van der Waals surface area contributed by atoms with Gasteiger partial charge in [0.2, 0.25) is 10.9 Å². The fraction of sp³-hybridized carbons (Fsp3) is 0.308. The van der Waals surface area contributed by atoms with Crippen LogP contribution in [0.25, 0.3) is 40.9 Å². The monoisotopic (exact) mass is 462 g/mol. The first-order valence-electron chi connectivity index (χ1n) is 10.7. The summed E-state index contributed by atoms with van der Waals surface area (Å²) < 4.78 is 2.88. The first-order chi connectivity index (χ1) is 14.9. The lowest BCUT2D eigenvalue weighted by Crippen LogP contribution is -2.15. The van der Waals surface area contributed by atoms with Crippen LogP contribution in [0.5, 0.6) is 0 Å². The molecule has 0 spiro atoms. The highest BCUT2D eigenvalue weighted by Gasteiger charge is 2.19. The standard InChI is InChI=1S/C26H26N2O2S2/c1-25(2,3)13-7-9-15-17(11-13)31-23-19(27-15)22(30)24-20(21(23)29)28-16-10-8-14(26(4,5)6)12-18(16)32-24/h7-12,27-28H,1-6H3. The first-order valence-corrected chi connectivity index (χ1v) is 12.3. The van der Waals surface area contributed by atoms with Gasteiger partial charge in [0.1, 0.15) is 20.4 Å². The fourth-order valence-electron chi connectivity index (χ4n) is 3.92. The van der Waals surface area contributed by atoms with Crippen LogP contribution in [0, 0.1) is 0 Å². The maximum Gasteiger partial charge on any atom is 0.222 e. The molecule has 4 nitrogen and oxygen atoms in total. The molecule has 0 unspecified atom stereocenters. The molecule has 0 bridgehead atoms. The molecule has 0 saturated heterocycles. The van der Waals surface area contributed by atoms with Gasteiger partial charge in [-0.05, 0) is 46.2 Å². The van der Waals surface area contributed by atoms with Crippen LogP contribution in [0.15, 0.2) is 46.0 Å². The fourth-order valence-corrected chi connectivity index (χ4v) is 6.08. The van der Waals surface area contributed by atoms with Crippen LogP contribution < -0.4 is 10.9 Å². The number of H-pyrrole nitrogens is 2. The number of nitrogens with one attached hydrogen (secondary N) is 2. The summed E-state index contributed by atoms with van der Waals surface area (Å²) in [5, 5.41) is 0. The topological polar surface area (TPSA) is 65.7 Å². The minimum Gasteiger partial charge on any atom is -0.350 e. The van der Waals surface area contributed by atoms with Crippen molar-refractivity contribution < 1.29 is 0 Å². The van der Waals surface area contributed by atoms with Gasteiger partial charge in [-0.15, -0.1) is 22.7 Å². The van der Waals surface area contributed by atoms with E-state index in [1.165, 1.54) is 33.8 Å². The van der Waals surface area contributed by atoms with Crippen LogP contribution in [0.3, 0.4) is 0 Å². The maximum atomic E-state index is 13.5. The number of rotatable bonds is 0. The Bertz CT molecular complexity index is 1560. The number of hydrogen-bond acceptors (Lipinski definition) is 4. The van der Waals surface area contributed by atoms with E-state index in [1.54, 1.807) is 0 Å². The van der Waals surface area contributed by atoms with Gasteiger partial charge in [-0.2, -0.15) is 0 Å². The third kappa shape index (κ3) is 3.33. The van der Waals surface area contributed by atoms with Crippen LogP contribution in [-0.4, -0.2) is 9.97 Å². The third-order valence-corrected chi connectivity index (χ3v) is 8.26. The molecule has 6 heteroatoms. The molecule has 2 N–H and O–H groups in total. The third-order valence-electron chi connectivity index (χ3n) is 5.96. The van der Waals surface area contributed by atoms with Crippen molar-refractivity contribution in [3.05, 3.63) is 68.0 Å². The van der Waals surface area contributed by atoms with Crippen molar-refractivity contribution in [1.29, 1.82) is 0 Å². The van der Waals surface area contributed by atoms with Crippen molar-refractivity contribution in [3.63, 3.8) is 0 Å². The highest BCUT2D eigenvalue weighted by Crippen LogP contribution is 2.32. The number of aromatic nitrogens is 2. The molecular formula is C26H26N2O2S2. The van der Waals surface area contributed by atoms with Crippen molar-refractivity contribution in [2.24, 2.45) is 0 Å². The predicted molar refractivity (Wildman–Crippen MR) is 140 cm³/mol. The molecule has 0 fully saturated rings. The molecule has 0 aliphatic rings. The van der Waals surface area contributed by atoms with E-state index in [-0.39, 0.29) is 21.7 Å². The largest absolute Gasteiger partial charge is 0.350 e. The zero-order valence-electron chi connectivity index (χ0n) is 19.1. The molecule has 0 radical (unpaired) electrons. The molecule has 0 amide bonds. The van der Waals surface area contributed by atoms with E-state index in [1.807, 2.05) is 12.1 Å². The van der Waals surface area contributed by atoms with E-state index < -0.39 is 0 Å². The van der Waals surface area contributed by atoms with Crippen LogP contribution >= 0.6 is 22.7 Å². The summed E-state index contributed by atoms with van der Waals surface area (Å²) in [6.07, 6.45) is 0. The van der Waals surface area contributed by atoms with Crippen molar-refractivity contribution in [2.45, 2.75) is 52.4 Å². The Balaban J connectivity index is 1.87. The molecule has 32 heavy (non-hydrogen) atoms. The van der Waals surface area contributed by atoms with E-state index in [0.29, 0.717) is 20.4 Å². The number of hydrogen-bond donors (Lipinski definition) is 2. The molecule has 0 saturated carbocycles. The van der Waals surface area contributed by atoms with Crippen LogP contribution in [0.1, 0.15) is 52.7 Å². The van der Waals surface area contributed by atoms with Gasteiger partial charge in [0.15, 0.2) is 0 Å². The summed E-state index contributed by atoms with van der Waals surface area (Å²) in [6.45, 7) is 13.0. The normalized spacial score (nSPS) is 12.9. The molecule has 0 aliphatic carbocycles. The molecule has 0 atom stereocenters. The summed E-state index contributed by atoms with van der Waals surface area (Å²) in [4.78, 5) is 33.5. The van der Waals surface area contributed by atoms with E-state index in [4.69, 9.17) is 0 Å². The molecule has 2 heterocycles. The molecule has 0 aliphatic heterocycles. The lowest BCUT2D eigenvalue weighted by molar-refractivity contribution is 0.591.